The maximum absolute atomic E-state index is 14.2. The lowest BCUT2D eigenvalue weighted by Crippen LogP contribution is -2.70. The molecule has 0 bridgehead atoms. The number of amides is 2. The second-order valence-electron chi connectivity index (χ2n) is 10.6. The van der Waals surface area contributed by atoms with Crippen molar-refractivity contribution in [1.29, 1.82) is 0 Å². The van der Waals surface area contributed by atoms with Crippen molar-refractivity contribution in [3.05, 3.63) is 99.0 Å². The fraction of sp³-hybridized carbons (Fsp3) is 0.345. The zero-order chi connectivity index (χ0) is 31.6. The number of carbonyl (C=O) groups is 2. The maximum atomic E-state index is 14.2. The van der Waals surface area contributed by atoms with Crippen LogP contribution in [0.25, 0.3) is 0 Å². The van der Waals surface area contributed by atoms with Gasteiger partial charge in [-0.2, -0.15) is 0 Å². The van der Waals surface area contributed by atoms with Crippen LogP contribution in [-0.2, 0) is 22.5 Å². The molecule has 3 heterocycles. The first-order valence-electron chi connectivity index (χ1n) is 13.8. The first kappa shape index (κ1) is 31.3. The smallest absolute Gasteiger partial charge is 0.325 e. The minimum Gasteiger partial charge on any atom is -0.482 e. The molecule has 1 atom stereocenters. The predicted octanol–water partition coefficient (Wildman–Crippen LogP) is 2.34. The largest absolute Gasteiger partial charge is 0.482 e. The van der Waals surface area contributed by atoms with Crippen molar-refractivity contribution in [3.63, 3.8) is 0 Å². The molecular formula is C29H31F2N4O8P. The number of nitrogens with zero attached hydrogens (tertiary/aromatic N) is 3. The summed E-state index contributed by atoms with van der Waals surface area (Å²) in [5.74, 6) is -3.56. The third kappa shape index (κ3) is 6.25. The molecule has 15 heteroatoms. The third-order valence-electron chi connectivity index (χ3n) is 7.76. The van der Waals surface area contributed by atoms with Gasteiger partial charge in [0.05, 0.1) is 19.4 Å². The average Bonchev–Trinajstić information content (AvgIpc) is 3.47. The second-order valence-corrected chi connectivity index (χ2v) is 12.4. The van der Waals surface area contributed by atoms with Crippen molar-refractivity contribution in [2.24, 2.45) is 0 Å². The van der Waals surface area contributed by atoms with Crippen LogP contribution in [0.1, 0.15) is 44.8 Å². The van der Waals surface area contributed by atoms with Gasteiger partial charge in [-0.3, -0.25) is 28.6 Å². The Morgan fingerprint density at radius 2 is 1.91 bits per heavy atom. The number of aromatic nitrogens is 1. The summed E-state index contributed by atoms with van der Waals surface area (Å²) in [5.41, 5.74) is -1.86. The molecule has 3 N–H and O–H groups in total. The lowest BCUT2D eigenvalue weighted by Gasteiger charge is -2.52. The number of rotatable bonds is 10. The molecule has 2 amide bonds. The van der Waals surface area contributed by atoms with Crippen molar-refractivity contribution in [2.45, 2.75) is 31.7 Å². The van der Waals surface area contributed by atoms with Crippen molar-refractivity contribution < 1.29 is 42.2 Å². The molecule has 12 nitrogen and oxygen atoms in total. The number of benzene rings is 2. The van der Waals surface area contributed by atoms with E-state index in [2.05, 4.69) is 5.32 Å². The molecule has 1 saturated heterocycles. The van der Waals surface area contributed by atoms with Gasteiger partial charge in [0.1, 0.15) is 23.8 Å². The number of halogens is 2. The highest BCUT2D eigenvalue weighted by Crippen LogP contribution is 2.39. The standard InChI is InChI=1S/C29H31F2N4O8P/c1-33-29(10-12-42-18-29)34(11-5-13-44(39,40)41)28(38)24-26(43-17-19-6-3-2-4-7-19)25(36)22(16-35(24)33)27(37)32-15-20-8-9-21(30)14-23(20)31/h2-4,6-9,14,16H,5,10-13,15,17-18H2,1H3,(H,32,37)(H2,39,40,41). The second kappa shape index (κ2) is 12.5. The Labute approximate surface area is 250 Å². The number of ether oxygens (including phenoxy) is 2. The van der Waals surface area contributed by atoms with Gasteiger partial charge in [0, 0.05) is 44.4 Å². The SMILES string of the molecule is CN1n2cc(C(=O)NCc3ccc(F)cc3F)c(=O)c(OCc3ccccc3)c2C(=O)N(CCCP(=O)(O)O)C12CCOC2. The fourth-order valence-electron chi connectivity index (χ4n) is 5.42. The van der Waals surface area contributed by atoms with Crippen molar-refractivity contribution in [1.82, 2.24) is 14.9 Å². The Kier molecular flexibility index (Phi) is 8.89. The number of pyridine rings is 1. The van der Waals surface area contributed by atoms with Crippen LogP contribution in [0.15, 0.2) is 59.5 Å². The van der Waals surface area contributed by atoms with Gasteiger partial charge in [0.25, 0.3) is 11.8 Å². The van der Waals surface area contributed by atoms with Crippen LogP contribution >= 0.6 is 7.60 Å². The van der Waals surface area contributed by atoms with E-state index in [4.69, 9.17) is 9.47 Å². The fourth-order valence-corrected chi connectivity index (χ4v) is 5.97. The molecule has 1 unspecified atom stereocenters. The first-order chi connectivity index (χ1) is 20.9. The van der Waals surface area contributed by atoms with Crippen LogP contribution in [0, 0.1) is 11.6 Å². The quantitative estimate of drug-likeness (QED) is 0.286. The molecule has 2 aliphatic rings. The molecule has 0 aliphatic carbocycles. The van der Waals surface area contributed by atoms with E-state index in [1.54, 1.807) is 42.4 Å². The molecule has 1 fully saturated rings. The normalized spacial score (nSPS) is 18.1. The Bertz CT molecular complexity index is 1670. The monoisotopic (exact) mass is 632 g/mol. The van der Waals surface area contributed by atoms with E-state index in [0.717, 1.165) is 6.07 Å². The van der Waals surface area contributed by atoms with Gasteiger partial charge in [-0.15, -0.1) is 0 Å². The van der Waals surface area contributed by atoms with E-state index < -0.39 is 54.0 Å². The minimum absolute atomic E-state index is 0.00124. The van der Waals surface area contributed by atoms with E-state index in [1.165, 1.54) is 21.8 Å². The summed E-state index contributed by atoms with van der Waals surface area (Å²) in [6, 6.07) is 11.7. The predicted molar refractivity (Wildman–Crippen MR) is 154 cm³/mol. The Hall–Kier alpha value is -4.10. The summed E-state index contributed by atoms with van der Waals surface area (Å²) < 4.78 is 52.0. The van der Waals surface area contributed by atoms with Crippen LogP contribution in [0.5, 0.6) is 5.75 Å². The molecular weight excluding hydrogens is 601 g/mol. The number of carbonyl (C=O) groups excluding carboxylic acids is 2. The van der Waals surface area contributed by atoms with E-state index in [9.17, 15) is 37.5 Å². The minimum atomic E-state index is -4.34. The van der Waals surface area contributed by atoms with Gasteiger partial charge >= 0.3 is 7.60 Å². The summed E-state index contributed by atoms with van der Waals surface area (Å²) in [6.07, 6.45) is 1.07. The number of hydrogen-bond acceptors (Lipinski definition) is 7. The van der Waals surface area contributed by atoms with Gasteiger partial charge in [0.15, 0.2) is 17.1 Å². The number of fused-ring (bicyclic) bond motifs is 1. The Morgan fingerprint density at radius 1 is 1.16 bits per heavy atom. The highest BCUT2D eigenvalue weighted by atomic mass is 31.2. The van der Waals surface area contributed by atoms with E-state index >= 15 is 0 Å². The molecule has 44 heavy (non-hydrogen) atoms. The molecule has 5 rings (SSSR count). The van der Waals surface area contributed by atoms with Crippen molar-refractivity contribution in [2.75, 3.05) is 38.0 Å². The topological polar surface area (TPSA) is 151 Å². The Balaban J connectivity index is 1.56. The van der Waals surface area contributed by atoms with Gasteiger partial charge in [-0.05, 0) is 18.1 Å². The number of nitrogens with one attached hydrogen (secondary N) is 1. The highest BCUT2D eigenvalue weighted by molar-refractivity contribution is 7.51. The average molecular weight is 633 g/mol. The summed E-state index contributed by atoms with van der Waals surface area (Å²) in [4.78, 5) is 61.5. The summed E-state index contributed by atoms with van der Waals surface area (Å²) in [6.45, 7) is -0.154. The maximum Gasteiger partial charge on any atom is 0.325 e. The number of hydrogen-bond donors (Lipinski definition) is 3. The lowest BCUT2D eigenvalue weighted by atomic mass is 10.0. The van der Waals surface area contributed by atoms with Gasteiger partial charge in [-0.1, -0.05) is 36.4 Å². The molecule has 2 aliphatic heterocycles. The van der Waals surface area contributed by atoms with E-state index in [1.807, 2.05) is 0 Å². The summed E-state index contributed by atoms with van der Waals surface area (Å²) >= 11 is 0. The molecule has 0 radical (unpaired) electrons. The Morgan fingerprint density at radius 3 is 2.57 bits per heavy atom. The zero-order valence-corrected chi connectivity index (χ0v) is 24.6. The summed E-state index contributed by atoms with van der Waals surface area (Å²) in [5, 5.41) is 4.12. The molecule has 0 saturated carbocycles. The zero-order valence-electron chi connectivity index (χ0n) is 23.7. The summed E-state index contributed by atoms with van der Waals surface area (Å²) in [7, 11) is -2.70. The van der Waals surface area contributed by atoms with E-state index in [0.29, 0.717) is 18.1 Å². The van der Waals surface area contributed by atoms with Crippen LogP contribution in [0.4, 0.5) is 8.78 Å². The highest BCUT2D eigenvalue weighted by Gasteiger charge is 2.52. The van der Waals surface area contributed by atoms with Crippen molar-refractivity contribution >= 4 is 19.4 Å². The van der Waals surface area contributed by atoms with Gasteiger partial charge in [-0.25, -0.2) is 8.78 Å². The van der Waals surface area contributed by atoms with Crippen LogP contribution in [-0.4, -0.2) is 69.8 Å². The van der Waals surface area contributed by atoms with Crippen molar-refractivity contribution in [3.8, 4) is 5.75 Å². The molecule has 2 aromatic carbocycles. The van der Waals surface area contributed by atoms with Crippen LogP contribution in [0.3, 0.4) is 0 Å². The van der Waals surface area contributed by atoms with Gasteiger partial charge < -0.3 is 29.5 Å². The molecule has 1 aromatic heterocycles. The van der Waals surface area contributed by atoms with Crippen LogP contribution in [0.2, 0.25) is 0 Å². The molecule has 3 aromatic rings. The molecule has 234 valence electrons. The third-order valence-corrected chi connectivity index (χ3v) is 8.66. The number of likely N-dealkylation sites (N-methyl/N-ethyl adjacent to an activating group) is 1. The van der Waals surface area contributed by atoms with Crippen LogP contribution < -0.4 is 20.5 Å². The van der Waals surface area contributed by atoms with E-state index in [-0.39, 0.29) is 56.2 Å². The lowest BCUT2D eigenvalue weighted by molar-refractivity contribution is 0.0220. The first-order valence-corrected chi connectivity index (χ1v) is 15.6. The van der Waals surface area contributed by atoms with Gasteiger partial charge in [0.2, 0.25) is 5.43 Å². The molecule has 1 spiro atoms.